The number of aromatic amines is 1. The van der Waals surface area contributed by atoms with Gasteiger partial charge in [0.15, 0.2) is 0 Å². The van der Waals surface area contributed by atoms with Crippen LogP contribution in [0.3, 0.4) is 0 Å². The first-order valence-corrected chi connectivity index (χ1v) is 10.0. The van der Waals surface area contributed by atoms with E-state index in [0.29, 0.717) is 12.0 Å². The third-order valence-electron chi connectivity index (χ3n) is 5.38. The molecular formula is C24H30N2O2. The smallest absolute Gasteiger partial charge is 0.251 e. The fourth-order valence-electron chi connectivity index (χ4n) is 3.54. The molecule has 1 aromatic carbocycles. The zero-order valence-corrected chi connectivity index (χ0v) is 17.3. The number of aromatic nitrogens is 1. The van der Waals surface area contributed by atoms with E-state index < -0.39 is 0 Å². The molecule has 1 aliphatic heterocycles. The van der Waals surface area contributed by atoms with Gasteiger partial charge < -0.3 is 9.88 Å². The minimum absolute atomic E-state index is 0.0653. The van der Waals surface area contributed by atoms with Gasteiger partial charge in [0.1, 0.15) is 0 Å². The Morgan fingerprint density at radius 2 is 1.82 bits per heavy atom. The van der Waals surface area contributed by atoms with Gasteiger partial charge in [-0.2, -0.15) is 0 Å². The second kappa shape index (κ2) is 8.17. The van der Waals surface area contributed by atoms with E-state index in [0.717, 1.165) is 42.8 Å². The Labute approximate surface area is 167 Å². The van der Waals surface area contributed by atoms with Crippen LogP contribution in [0.4, 0.5) is 0 Å². The van der Waals surface area contributed by atoms with Crippen molar-refractivity contribution < 1.29 is 4.79 Å². The number of likely N-dealkylation sites (tertiary alicyclic amines) is 1. The summed E-state index contributed by atoms with van der Waals surface area (Å²) >= 11 is 0. The van der Waals surface area contributed by atoms with Crippen molar-refractivity contribution in [1.29, 1.82) is 0 Å². The van der Waals surface area contributed by atoms with Crippen LogP contribution < -0.4 is 5.56 Å². The van der Waals surface area contributed by atoms with E-state index in [1.54, 1.807) is 0 Å². The lowest BCUT2D eigenvalue weighted by Crippen LogP contribution is -2.25. The lowest BCUT2D eigenvalue weighted by molar-refractivity contribution is -0.127. The molecule has 1 aromatic heterocycles. The van der Waals surface area contributed by atoms with Gasteiger partial charge in [-0.05, 0) is 42.4 Å². The predicted molar refractivity (Wildman–Crippen MR) is 114 cm³/mol. The van der Waals surface area contributed by atoms with Crippen molar-refractivity contribution in [3.63, 3.8) is 0 Å². The summed E-state index contributed by atoms with van der Waals surface area (Å²) < 4.78 is 0. The lowest BCUT2D eigenvalue weighted by atomic mass is 9.86. The number of benzene rings is 1. The van der Waals surface area contributed by atoms with Gasteiger partial charge in [-0.3, -0.25) is 9.59 Å². The first-order valence-electron chi connectivity index (χ1n) is 10.0. The van der Waals surface area contributed by atoms with Gasteiger partial charge in [-0.25, -0.2) is 0 Å². The van der Waals surface area contributed by atoms with E-state index in [4.69, 9.17) is 0 Å². The second-order valence-electron chi connectivity index (χ2n) is 8.60. The van der Waals surface area contributed by atoms with Crippen LogP contribution in [0, 0.1) is 6.92 Å². The average molecular weight is 379 g/mol. The number of H-pyrrole nitrogens is 1. The van der Waals surface area contributed by atoms with Crippen LogP contribution in [-0.2, 0) is 10.2 Å². The number of carbonyl (C=O) groups is 1. The van der Waals surface area contributed by atoms with E-state index in [2.05, 4.69) is 56.1 Å². The molecule has 0 spiro atoms. The van der Waals surface area contributed by atoms with Gasteiger partial charge in [0.2, 0.25) is 5.91 Å². The quantitative estimate of drug-likeness (QED) is 0.837. The van der Waals surface area contributed by atoms with Crippen molar-refractivity contribution in [3.8, 4) is 0 Å². The molecule has 0 unspecified atom stereocenters. The number of aryl methyl sites for hydroxylation is 1. The third kappa shape index (κ3) is 4.61. The van der Waals surface area contributed by atoms with Crippen LogP contribution in [0.1, 0.15) is 62.4 Å². The van der Waals surface area contributed by atoms with Crippen molar-refractivity contribution >= 4 is 11.5 Å². The highest BCUT2D eigenvalue weighted by atomic mass is 16.2. The van der Waals surface area contributed by atoms with Crippen LogP contribution in [0.15, 0.2) is 47.3 Å². The van der Waals surface area contributed by atoms with E-state index in [9.17, 15) is 9.59 Å². The minimum atomic E-state index is -0.0653. The minimum Gasteiger partial charge on any atom is -0.342 e. The highest BCUT2D eigenvalue weighted by Gasteiger charge is 2.19. The van der Waals surface area contributed by atoms with Crippen LogP contribution >= 0.6 is 0 Å². The molecular weight excluding hydrogens is 348 g/mol. The maximum atomic E-state index is 12.2. The Bertz CT molecular complexity index is 930. The number of hydrogen-bond donors (Lipinski definition) is 1. The van der Waals surface area contributed by atoms with Crippen molar-refractivity contribution in [2.45, 2.75) is 52.4 Å². The Kier molecular flexibility index (Phi) is 5.87. The van der Waals surface area contributed by atoms with E-state index >= 15 is 0 Å². The number of nitrogens with one attached hydrogen (secondary N) is 1. The summed E-state index contributed by atoms with van der Waals surface area (Å²) in [4.78, 5) is 28.9. The molecule has 1 amide bonds. The second-order valence-corrected chi connectivity index (χ2v) is 8.60. The normalized spacial score (nSPS) is 15.4. The molecule has 4 nitrogen and oxygen atoms in total. The summed E-state index contributed by atoms with van der Waals surface area (Å²) in [7, 11) is 0. The molecule has 2 heterocycles. The lowest BCUT2D eigenvalue weighted by Gasteiger charge is -2.20. The molecule has 0 radical (unpaired) electrons. The predicted octanol–water partition coefficient (Wildman–Crippen LogP) is 4.43. The number of amides is 1. The summed E-state index contributed by atoms with van der Waals surface area (Å²) in [5, 5.41) is 0. The molecule has 1 aliphatic rings. The number of rotatable bonds is 5. The first-order chi connectivity index (χ1) is 13.3. The molecule has 0 aliphatic carbocycles. The Balaban J connectivity index is 1.91. The van der Waals surface area contributed by atoms with Crippen molar-refractivity contribution in [2.24, 2.45) is 0 Å². The monoisotopic (exact) mass is 378 g/mol. The molecule has 3 rings (SSSR count). The van der Waals surface area contributed by atoms with Gasteiger partial charge in [0, 0.05) is 36.3 Å². The number of nitrogens with zero attached hydrogens (tertiary/aromatic N) is 1. The van der Waals surface area contributed by atoms with Gasteiger partial charge >= 0.3 is 0 Å². The van der Waals surface area contributed by atoms with Crippen LogP contribution in [0.2, 0.25) is 0 Å². The summed E-state index contributed by atoms with van der Waals surface area (Å²) in [5.74, 6) is 0.244. The third-order valence-corrected chi connectivity index (χ3v) is 5.38. The van der Waals surface area contributed by atoms with Crippen molar-refractivity contribution in [2.75, 3.05) is 13.1 Å². The fraction of sp³-hybridized carbons (Fsp3) is 0.417. The summed E-state index contributed by atoms with van der Waals surface area (Å²) in [6, 6.07) is 12.4. The molecule has 0 bridgehead atoms. The van der Waals surface area contributed by atoms with Gasteiger partial charge in [-0.15, -0.1) is 0 Å². The van der Waals surface area contributed by atoms with Crippen LogP contribution in [0.5, 0.6) is 0 Å². The van der Waals surface area contributed by atoms with Crippen LogP contribution in [0.25, 0.3) is 5.57 Å². The zero-order chi connectivity index (χ0) is 20.3. The molecule has 28 heavy (non-hydrogen) atoms. The standard InChI is InChI=1S/C24H30N2O2/c1-17-9-14-21(25-23(17)28)20(7-5-15-26-16-6-8-22(26)27)18-10-12-19(13-11-18)24(2,3)4/h7,9-14H,5-6,8,15-16H2,1-4H3,(H,25,28)/b20-7+. The zero-order valence-electron chi connectivity index (χ0n) is 17.3. The van der Waals surface area contributed by atoms with Gasteiger partial charge in [-0.1, -0.05) is 57.2 Å². The van der Waals surface area contributed by atoms with Gasteiger partial charge in [0.05, 0.1) is 0 Å². The molecule has 1 saturated heterocycles. The summed E-state index contributed by atoms with van der Waals surface area (Å²) in [6.07, 6.45) is 4.52. The van der Waals surface area contributed by atoms with E-state index in [1.165, 1.54) is 5.56 Å². The van der Waals surface area contributed by atoms with E-state index in [1.807, 2.05) is 24.0 Å². The molecule has 1 fully saturated rings. The van der Waals surface area contributed by atoms with Crippen LogP contribution in [-0.4, -0.2) is 28.9 Å². The molecule has 2 aromatic rings. The van der Waals surface area contributed by atoms with Crippen molar-refractivity contribution in [1.82, 2.24) is 9.88 Å². The fourth-order valence-corrected chi connectivity index (χ4v) is 3.54. The molecule has 0 saturated carbocycles. The van der Waals surface area contributed by atoms with Gasteiger partial charge in [0.25, 0.3) is 5.56 Å². The Hall–Kier alpha value is -2.62. The molecule has 148 valence electrons. The Morgan fingerprint density at radius 1 is 1.11 bits per heavy atom. The van der Waals surface area contributed by atoms with Crippen molar-refractivity contribution in [3.05, 3.63) is 75.2 Å². The maximum Gasteiger partial charge on any atom is 0.251 e. The number of hydrogen-bond acceptors (Lipinski definition) is 2. The molecule has 4 heteroatoms. The largest absolute Gasteiger partial charge is 0.342 e. The number of carbonyl (C=O) groups excluding carboxylic acids is 1. The topological polar surface area (TPSA) is 53.2 Å². The average Bonchev–Trinajstić information content (AvgIpc) is 3.06. The van der Waals surface area contributed by atoms with E-state index in [-0.39, 0.29) is 16.9 Å². The molecule has 0 atom stereocenters. The summed E-state index contributed by atoms with van der Waals surface area (Å²) in [6.45, 7) is 9.97. The maximum absolute atomic E-state index is 12.2. The number of pyridine rings is 1. The Morgan fingerprint density at radius 3 is 2.39 bits per heavy atom. The first kappa shape index (κ1) is 20.1. The highest BCUT2D eigenvalue weighted by molar-refractivity contribution is 5.79. The molecule has 1 N–H and O–H groups in total. The highest BCUT2D eigenvalue weighted by Crippen LogP contribution is 2.27. The SMILES string of the molecule is Cc1ccc(/C(=C/CCN2CCCC2=O)c2ccc(C(C)(C)C)cc2)[nH]c1=O. The summed E-state index contributed by atoms with van der Waals surface area (Å²) in [5.41, 5.74) is 4.89.